The number of hydrogen-bond acceptors (Lipinski definition) is 2. The molecule has 1 aromatic rings. The molecule has 104 valence electrons. The van der Waals surface area contributed by atoms with Gasteiger partial charge in [-0.05, 0) is 61.7 Å². The van der Waals surface area contributed by atoms with Gasteiger partial charge in [0.2, 0.25) is 0 Å². The molecule has 0 N–H and O–H groups in total. The van der Waals surface area contributed by atoms with E-state index < -0.39 is 7.12 Å². The summed E-state index contributed by atoms with van der Waals surface area (Å²) in [6, 6.07) is 4.10. The predicted molar refractivity (Wildman–Crippen MR) is 84.2 cm³/mol. The van der Waals surface area contributed by atoms with Crippen molar-refractivity contribution in [3.63, 3.8) is 0 Å². The zero-order valence-corrected chi connectivity index (χ0v) is 14.4. The van der Waals surface area contributed by atoms with Gasteiger partial charge in [0.15, 0.2) is 0 Å². The fourth-order valence-corrected chi connectivity index (χ4v) is 2.74. The Hall–Kier alpha value is -0.0251. The summed E-state index contributed by atoms with van der Waals surface area (Å²) in [5, 5.41) is 0.663. The van der Waals surface area contributed by atoms with Crippen LogP contribution < -0.4 is 5.46 Å². The number of halogens is 2. The third-order valence-corrected chi connectivity index (χ3v) is 5.31. The van der Waals surface area contributed by atoms with Gasteiger partial charge in [-0.25, -0.2) is 0 Å². The molecule has 0 aliphatic carbocycles. The SMILES string of the molecule is CCc1cc(Br)c(Cl)c(B2OC(C)(C)C(C)(C)O2)c1. The maximum absolute atomic E-state index is 6.38. The molecule has 0 atom stereocenters. The Morgan fingerprint density at radius 3 is 2.16 bits per heavy atom. The van der Waals surface area contributed by atoms with Crippen molar-refractivity contribution in [1.82, 2.24) is 0 Å². The van der Waals surface area contributed by atoms with Crippen molar-refractivity contribution < 1.29 is 9.31 Å². The minimum Gasteiger partial charge on any atom is -0.399 e. The summed E-state index contributed by atoms with van der Waals surface area (Å²) in [4.78, 5) is 0. The van der Waals surface area contributed by atoms with Crippen molar-refractivity contribution >= 4 is 40.1 Å². The van der Waals surface area contributed by atoms with E-state index in [0.717, 1.165) is 16.4 Å². The normalized spacial score (nSPS) is 20.9. The maximum Gasteiger partial charge on any atom is 0.496 e. The average Bonchev–Trinajstić information content (AvgIpc) is 2.51. The van der Waals surface area contributed by atoms with Crippen LogP contribution in [0.5, 0.6) is 0 Å². The summed E-state index contributed by atoms with van der Waals surface area (Å²) in [5.74, 6) is 0. The van der Waals surface area contributed by atoms with Gasteiger partial charge in [-0.2, -0.15) is 0 Å². The summed E-state index contributed by atoms with van der Waals surface area (Å²) < 4.78 is 13.0. The van der Waals surface area contributed by atoms with Crippen molar-refractivity contribution in [1.29, 1.82) is 0 Å². The zero-order chi connectivity index (χ0) is 14.4. The summed E-state index contributed by atoms with van der Waals surface area (Å²) in [5.41, 5.74) is 1.40. The van der Waals surface area contributed by atoms with Crippen molar-refractivity contribution in [3.05, 3.63) is 27.2 Å². The van der Waals surface area contributed by atoms with Crippen LogP contribution in [0.1, 0.15) is 40.2 Å². The predicted octanol–water partition coefficient (Wildman–Crippen LogP) is 3.96. The fraction of sp³-hybridized carbons (Fsp3) is 0.571. The number of rotatable bonds is 2. The lowest BCUT2D eigenvalue weighted by molar-refractivity contribution is 0.00578. The molecule has 1 fully saturated rings. The van der Waals surface area contributed by atoms with E-state index in [1.807, 2.05) is 33.8 Å². The molecule has 0 unspecified atom stereocenters. The van der Waals surface area contributed by atoms with Gasteiger partial charge < -0.3 is 9.31 Å². The molecule has 1 aliphatic heterocycles. The highest BCUT2D eigenvalue weighted by molar-refractivity contribution is 9.10. The molecule has 0 spiro atoms. The van der Waals surface area contributed by atoms with Gasteiger partial charge in [0.05, 0.1) is 16.2 Å². The van der Waals surface area contributed by atoms with E-state index in [0.29, 0.717) is 5.02 Å². The molecule has 0 bridgehead atoms. The molecule has 0 amide bonds. The molecule has 1 saturated heterocycles. The lowest BCUT2D eigenvalue weighted by Gasteiger charge is -2.32. The summed E-state index contributed by atoms with van der Waals surface area (Å²) in [6.45, 7) is 10.3. The summed E-state index contributed by atoms with van der Waals surface area (Å²) in [6.07, 6.45) is 0.947. The van der Waals surface area contributed by atoms with Crippen LogP contribution >= 0.6 is 27.5 Å². The summed E-state index contributed by atoms with van der Waals surface area (Å²) >= 11 is 9.88. The number of benzene rings is 1. The van der Waals surface area contributed by atoms with Crippen LogP contribution in [0, 0.1) is 0 Å². The van der Waals surface area contributed by atoms with E-state index in [2.05, 4.69) is 28.9 Å². The Morgan fingerprint density at radius 2 is 1.68 bits per heavy atom. The van der Waals surface area contributed by atoms with E-state index in [-0.39, 0.29) is 11.2 Å². The van der Waals surface area contributed by atoms with Crippen LogP contribution in [-0.4, -0.2) is 18.3 Å². The molecule has 0 radical (unpaired) electrons. The summed E-state index contributed by atoms with van der Waals surface area (Å²) in [7, 11) is -0.416. The smallest absolute Gasteiger partial charge is 0.399 e. The number of hydrogen-bond donors (Lipinski definition) is 0. The van der Waals surface area contributed by atoms with Gasteiger partial charge >= 0.3 is 7.12 Å². The second-order valence-corrected chi connectivity index (χ2v) is 7.15. The van der Waals surface area contributed by atoms with Gasteiger partial charge in [-0.15, -0.1) is 0 Å². The first kappa shape index (κ1) is 15.4. The van der Waals surface area contributed by atoms with Crippen LogP contribution in [0.25, 0.3) is 0 Å². The third kappa shape index (κ3) is 2.73. The monoisotopic (exact) mass is 344 g/mol. The molecule has 1 aromatic carbocycles. The molecule has 5 heteroatoms. The van der Waals surface area contributed by atoms with Crippen molar-refractivity contribution in [2.75, 3.05) is 0 Å². The minimum atomic E-state index is -0.416. The van der Waals surface area contributed by atoms with Crippen LogP contribution in [0.4, 0.5) is 0 Å². The van der Waals surface area contributed by atoms with E-state index in [1.165, 1.54) is 5.56 Å². The Balaban J connectivity index is 2.42. The Kier molecular flexibility index (Phi) is 4.10. The Morgan fingerprint density at radius 1 is 1.16 bits per heavy atom. The first-order chi connectivity index (χ1) is 8.68. The Labute approximate surface area is 129 Å². The molecule has 0 aromatic heterocycles. The highest BCUT2D eigenvalue weighted by atomic mass is 79.9. The lowest BCUT2D eigenvalue weighted by Crippen LogP contribution is -2.41. The molecule has 2 rings (SSSR count). The van der Waals surface area contributed by atoms with Gasteiger partial charge in [-0.3, -0.25) is 0 Å². The third-order valence-electron chi connectivity index (χ3n) is 4.03. The van der Waals surface area contributed by atoms with E-state index in [1.54, 1.807) is 0 Å². The largest absolute Gasteiger partial charge is 0.496 e. The Bertz CT molecular complexity index is 486. The van der Waals surface area contributed by atoms with Gasteiger partial charge in [0.1, 0.15) is 0 Å². The average molecular weight is 345 g/mol. The van der Waals surface area contributed by atoms with E-state index >= 15 is 0 Å². The fourth-order valence-electron chi connectivity index (χ4n) is 2.01. The lowest BCUT2D eigenvalue weighted by atomic mass is 9.78. The van der Waals surface area contributed by atoms with E-state index in [9.17, 15) is 0 Å². The molecule has 1 heterocycles. The van der Waals surface area contributed by atoms with Crippen LogP contribution in [0.15, 0.2) is 16.6 Å². The molecule has 19 heavy (non-hydrogen) atoms. The molecule has 0 saturated carbocycles. The van der Waals surface area contributed by atoms with Crippen LogP contribution in [0.3, 0.4) is 0 Å². The topological polar surface area (TPSA) is 18.5 Å². The second kappa shape index (κ2) is 5.07. The molecular formula is C14H19BBrClO2. The number of aryl methyl sites for hydroxylation is 1. The van der Waals surface area contributed by atoms with Crippen molar-refractivity contribution in [3.8, 4) is 0 Å². The molecule has 1 aliphatic rings. The zero-order valence-electron chi connectivity index (χ0n) is 12.0. The quantitative estimate of drug-likeness (QED) is 0.755. The highest BCUT2D eigenvalue weighted by Gasteiger charge is 2.52. The first-order valence-corrected chi connectivity index (χ1v) is 7.68. The van der Waals surface area contributed by atoms with Crippen molar-refractivity contribution in [2.45, 2.75) is 52.2 Å². The minimum absolute atomic E-state index is 0.351. The molecule has 2 nitrogen and oxygen atoms in total. The van der Waals surface area contributed by atoms with Gasteiger partial charge in [-0.1, -0.05) is 24.6 Å². The van der Waals surface area contributed by atoms with Gasteiger partial charge in [0.25, 0.3) is 0 Å². The molecular weight excluding hydrogens is 326 g/mol. The second-order valence-electron chi connectivity index (χ2n) is 5.92. The van der Waals surface area contributed by atoms with Crippen LogP contribution in [0.2, 0.25) is 5.02 Å². The highest BCUT2D eigenvalue weighted by Crippen LogP contribution is 2.37. The van der Waals surface area contributed by atoms with E-state index in [4.69, 9.17) is 20.9 Å². The van der Waals surface area contributed by atoms with Crippen LogP contribution in [-0.2, 0) is 15.7 Å². The van der Waals surface area contributed by atoms with Crippen molar-refractivity contribution in [2.24, 2.45) is 0 Å². The van der Waals surface area contributed by atoms with Gasteiger partial charge in [0, 0.05) is 9.94 Å². The first-order valence-electron chi connectivity index (χ1n) is 6.51. The standard InChI is InChI=1S/C14H19BBrClO2/c1-6-9-7-10(12(17)11(16)8-9)15-18-13(2,3)14(4,5)19-15/h7-8H,6H2,1-5H3. The maximum atomic E-state index is 6.38.